The van der Waals surface area contributed by atoms with Gasteiger partial charge in [-0.15, -0.1) is 0 Å². The summed E-state index contributed by atoms with van der Waals surface area (Å²) in [6.07, 6.45) is 3.41. The van der Waals surface area contributed by atoms with Crippen LogP contribution in [0.3, 0.4) is 0 Å². The third kappa shape index (κ3) is 2.88. The zero-order valence-electron chi connectivity index (χ0n) is 10.5. The van der Waals surface area contributed by atoms with Crippen LogP contribution in [0.4, 0.5) is 0 Å². The highest BCUT2D eigenvalue weighted by atomic mass is 35.5. The lowest BCUT2D eigenvalue weighted by Crippen LogP contribution is -2.39. The first-order chi connectivity index (χ1) is 9.11. The molecule has 0 aromatic heterocycles. The number of hydrogen-bond acceptors (Lipinski definition) is 2. The summed E-state index contributed by atoms with van der Waals surface area (Å²) < 4.78 is 0. The van der Waals surface area contributed by atoms with Gasteiger partial charge in [-0.2, -0.15) is 0 Å². The number of fused-ring (bicyclic) bond motifs is 2. The standard InChI is InChI=1S/C14H16Cl2N2O/c15-10-5-9(6-11(16)7-10)14(19)18-4-3-12-1-2-13(8-18)17-12/h5-7,12-13,17H,1-4,8H2. The number of halogens is 2. The molecule has 102 valence electrons. The number of nitrogens with zero attached hydrogens (tertiary/aromatic N) is 1. The van der Waals surface area contributed by atoms with Gasteiger partial charge in [0.2, 0.25) is 0 Å². The van der Waals surface area contributed by atoms with Crippen LogP contribution < -0.4 is 5.32 Å². The lowest BCUT2D eigenvalue weighted by molar-refractivity contribution is 0.0748. The SMILES string of the molecule is O=C(c1cc(Cl)cc(Cl)c1)N1CCC2CCC(C1)N2. The predicted molar refractivity (Wildman–Crippen MR) is 76.9 cm³/mol. The molecule has 1 amide bonds. The minimum Gasteiger partial charge on any atom is -0.337 e. The van der Waals surface area contributed by atoms with E-state index >= 15 is 0 Å². The second kappa shape index (κ2) is 5.31. The van der Waals surface area contributed by atoms with E-state index in [-0.39, 0.29) is 5.91 Å². The summed E-state index contributed by atoms with van der Waals surface area (Å²) in [4.78, 5) is 14.4. The van der Waals surface area contributed by atoms with Crippen molar-refractivity contribution in [2.45, 2.75) is 31.3 Å². The van der Waals surface area contributed by atoms with Crippen molar-refractivity contribution in [1.82, 2.24) is 10.2 Å². The van der Waals surface area contributed by atoms with Gasteiger partial charge >= 0.3 is 0 Å². The van der Waals surface area contributed by atoms with E-state index in [9.17, 15) is 4.79 Å². The Labute approximate surface area is 122 Å². The largest absolute Gasteiger partial charge is 0.337 e. The monoisotopic (exact) mass is 298 g/mol. The molecule has 5 heteroatoms. The number of amides is 1. The summed E-state index contributed by atoms with van der Waals surface area (Å²) in [6, 6.07) is 6.03. The maximum absolute atomic E-state index is 12.5. The van der Waals surface area contributed by atoms with Gasteiger partial charge < -0.3 is 10.2 Å². The number of nitrogens with one attached hydrogen (secondary N) is 1. The molecule has 2 fully saturated rings. The van der Waals surface area contributed by atoms with Crippen molar-refractivity contribution in [3.8, 4) is 0 Å². The molecule has 19 heavy (non-hydrogen) atoms. The third-order valence-corrected chi connectivity index (χ3v) is 4.36. The van der Waals surface area contributed by atoms with E-state index in [4.69, 9.17) is 23.2 Å². The van der Waals surface area contributed by atoms with E-state index in [2.05, 4.69) is 5.32 Å². The van der Waals surface area contributed by atoms with Crippen molar-refractivity contribution in [2.24, 2.45) is 0 Å². The van der Waals surface area contributed by atoms with Crippen LogP contribution in [0.15, 0.2) is 18.2 Å². The summed E-state index contributed by atoms with van der Waals surface area (Å²) in [6.45, 7) is 1.58. The second-order valence-electron chi connectivity index (χ2n) is 5.34. The quantitative estimate of drug-likeness (QED) is 0.864. The van der Waals surface area contributed by atoms with Gasteiger partial charge in [0, 0.05) is 40.8 Å². The van der Waals surface area contributed by atoms with Crippen LogP contribution in [0.1, 0.15) is 29.6 Å². The maximum atomic E-state index is 12.5. The van der Waals surface area contributed by atoms with Gasteiger partial charge in [-0.25, -0.2) is 0 Å². The van der Waals surface area contributed by atoms with E-state index in [0.717, 1.165) is 25.9 Å². The topological polar surface area (TPSA) is 32.3 Å². The fraction of sp³-hybridized carbons (Fsp3) is 0.500. The van der Waals surface area contributed by atoms with Crippen LogP contribution in [0.5, 0.6) is 0 Å². The van der Waals surface area contributed by atoms with Gasteiger partial charge in [0.15, 0.2) is 0 Å². The minimum absolute atomic E-state index is 0.0266. The molecular weight excluding hydrogens is 283 g/mol. The van der Waals surface area contributed by atoms with Gasteiger partial charge in [-0.1, -0.05) is 23.2 Å². The summed E-state index contributed by atoms with van der Waals surface area (Å²) in [7, 11) is 0. The van der Waals surface area contributed by atoms with E-state index in [1.54, 1.807) is 18.2 Å². The van der Waals surface area contributed by atoms with Crippen LogP contribution in [-0.2, 0) is 0 Å². The molecule has 0 radical (unpaired) electrons. The molecule has 0 spiro atoms. The van der Waals surface area contributed by atoms with E-state index in [1.807, 2.05) is 4.90 Å². The Morgan fingerprint density at radius 2 is 1.79 bits per heavy atom. The fourth-order valence-corrected chi connectivity index (χ4v) is 3.51. The molecule has 3 nitrogen and oxygen atoms in total. The molecule has 0 aliphatic carbocycles. The fourth-order valence-electron chi connectivity index (χ4n) is 2.99. The molecule has 1 aromatic rings. The van der Waals surface area contributed by atoms with E-state index < -0.39 is 0 Å². The summed E-state index contributed by atoms with van der Waals surface area (Å²) >= 11 is 11.9. The molecule has 2 saturated heterocycles. The Hall–Kier alpha value is -0.770. The zero-order valence-corrected chi connectivity index (χ0v) is 12.0. The van der Waals surface area contributed by atoms with Crippen LogP contribution in [0.25, 0.3) is 0 Å². The molecule has 2 aliphatic rings. The molecule has 2 aliphatic heterocycles. The number of likely N-dealkylation sites (tertiary alicyclic amines) is 1. The molecule has 1 N–H and O–H groups in total. The number of rotatable bonds is 1. The molecule has 2 bridgehead atoms. The van der Waals surface area contributed by atoms with Crippen LogP contribution in [0.2, 0.25) is 10.0 Å². The smallest absolute Gasteiger partial charge is 0.254 e. The Morgan fingerprint density at radius 3 is 2.53 bits per heavy atom. The number of carbonyl (C=O) groups excluding carboxylic acids is 1. The van der Waals surface area contributed by atoms with Gasteiger partial charge in [-0.3, -0.25) is 4.79 Å². The summed E-state index contributed by atoms with van der Waals surface area (Å²) in [5.41, 5.74) is 0.579. The number of carbonyl (C=O) groups is 1. The van der Waals surface area contributed by atoms with Gasteiger partial charge in [0.05, 0.1) is 0 Å². The molecule has 0 saturated carbocycles. The average molecular weight is 299 g/mol. The van der Waals surface area contributed by atoms with Crippen molar-refractivity contribution in [3.63, 3.8) is 0 Å². The van der Waals surface area contributed by atoms with Crippen LogP contribution in [0, 0.1) is 0 Å². The molecule has 2 atom stereocenters. The number of hydrogen-bond donors (Lipinski definition) is 1. The Bertz CT molecular complexity index is 486. The highest BCUT2D eigenvalue weighted by Crippen LogP contribution is 2.24. The van der Waals surface area contributed by atoms with Crippen molar-refractivity contribution >= 4 is 29.1 Å². The Kier molecular flexibility index (Phi) is 3.70. The average Bonchev–Trinajstić information content (AvgIpc) is 2.67. The second-order valence-corrected chi connectivity index (χ2v) is 6.21. The van der Waals surface area contributed by atoms with Gasteiger partial charge in [-0.05, 0) is 37.5 Å². The first-order valence-electron chi connectivity index (χ1n) is 6.63. The van der Waals surface area contributed by atoms with E-state index in [1.165, 1.54) is 6.42 Å². The van der Waals surface area contributed by atoms with Crippen molar-refractivity contribution < 1.29 is 4.79 Å². The molecule has 1 aromatic carbocycles. The highest BCUT2D eigenvalue weighted by Gasteiger charge is 2.31. The Morgan fingerprint density at radius 1 is 1.11 bits per heavy atom. The predicted octanol–water partition coefficient (Wildman–Crippen LogP) is 2.96. The lowest BCUT2D eigenvalue weighted by atomic mass is 10.1. The normalized spacial score (nSPS) is 26.3. The van der Waals surface area contributed by atoms with Crippen molar-refractivity contribution in [3.05, 3.63) is 33.8 Å². The summed E-state index contributed by atoms with van der Waals surface area (Å²) in [5.74, 6) is 0.0266. The van der Waals surface area contributed by atoms with Gasteiger partial charge in [0.1, 0.15) is 0 Å². The van der Waals surface area contributed by atoms with E-state index in [0.29, 0.717) is 27.7 Å². The zero-order chi connectivity index (χ0) is 13.4. The van der Waals surface area contributed by atoms with Gasteiger partial charge in [0.25, 0.3) is 5.91 Å². The molecule has 2 unspecified atom stereocenters. The number of benzene rings is 1. The Balaban J connectivity index is 1.79. The van der Waals surface area contributed by atoms with Crippen molar-refractivity contribution in [2.75, 3.05) is 13.1 Å². The molecule has 3 rings (SSSR count). The van der Waals surface area contributed by atoms with Crippen LogP contribution in [-0.4, -0.2) is 36.0 Å². The minimum atomic E-state index is 0.0266. The third-order valence-electron chi connectivity index (χ3n) is 3.92. The first-order valence-corrected chi connectivity index (χ1v) is 7.39. The molecule has 2 heterocycles. The van der Waals surface area contributed by atoms with Crippen molar-refractivity contribution in [1.29, 1.82) is 0 Å². The summed E-state index contributed by atoms with van der Waals surface area (Å²) in [5, 5.41) is 4.58. The first kappa shape index (κ1) is 13.2. The highest BCUT2D eigenvalue weighted by molar-refractivity contribution is 6.35. The maximum Gasteiger partial charge on any atom is 0.254 e. The lowest BCUT2D eigenvalue weighted by Gasteiger charge is -2.24. The van der Waals surface area contributed by atoms with Crippen LogP contribution >= 0.6 is 23.2 Å². The molecular formula is C14H16Cl2N2O.